The molecule has 2 N–H and O–H groups in total. The molecule has 6 heteroatoms. The van der Waals surface area contributed by atoms with Gasteiger partial charge < -0.3 is 28.7 Å². The Morgan fingerprint density at radius 1 is 0.750 bits per heavy atom. The number of nitrogens with zero attached hydrogens (tertiary/aromatic N) is 2. The Morgan fingerprint density at radius 3 is 1.38 bits per heavy atom. The van der Waals surface area contributed by atoms with E-state index in [1.54, 1.807) is 0 Å². The smallest absolute Gasteiger partial charge is 0.243 e. The molecule has 2 aliphatic heterocycles. The van der Waals surface area contributed by atoms with Crippen molar-refractivity contribution in [2.45, 2.75) is 11.6 Å². The van der Waals surface area contributed by atoms with Crippen molar-refractivity contribution in [2.75, 3.05) is 67.6 Å². The number of morpholine rings is 2. The Labute approximate surface area is 144 Å². The van der Waals surface area contributed by atoms with Crippen molar-refractivity contribution in [3.8, 4) is 0 Å². The highest BCUT2D eigenvalue weighted by atomic mass is 16.6. The van der Waals surface area contributed by atoms with Gasteiger partial charge in [-0.1, -0.05) is 24.3 Å². The van der Waals surface area contributed by atoms with Crippen LogP contribution in [0, 0.1) is 0 Å². The maximum absolute atomic E-state index is 10.9. The van der Waals surface area contributed by atoms with E-state index in [2.05, 4.69) is 28.2 Å². The lowest BCUT2D eigenvalue weighted by molar-refractivity contribution is -0.912. The van der Waals surface area contributed by atoms with Crippen LogP contribution in [0.3, 0.4) is 0 Å². The minimum Gasteiger partial charge on any atom is -0.357 e. The Bertz CT molecular complexity index is 549. The summed E-state index contributed by atoms with van der Waals surface area (Å²) in [6.07, 6.45) is 0. The molecule has 2 saturated heterocycles. The van der Waals surface area contributed by atoms with E-state index in [9.17, 15) is 10.2 Å². The van der Waals surface area contributed by atoms with E-state index in [1.807, 2.05) is 24.3 Å². The second-order valence-corrected chi connectivity index (χ2v) is 8.48. The van der Waals surface area contributed by atoms with Gasteiger partial charge in [-0.2, -0.15) is 0 Å². The first-order valence-corrected chi connectivity index (χ1v) is 8.52. The van der Waals surface area contributed by atoms with Gasteiger partial charge in [0, 0.05) is 11.1 Å². The van der Waals surface area contributed by atoms with E-state index in [0.29, 0.717) is 46.4 Å². The predicted molar refractivity (Wildman–Crippen MR) is 89.8 cm³/mol. The normalized spacial score (nSPS) is 35.6. The summed E-state index contributed by atoms with van der Waals surface area (Å²) < 4.78 is 12.8. The van der Waals surface area contributed by atoms with Crippen molar-refractivity contribution in [3.63, 3.8) is 0 Å². The maximum atomic E-state index is 10.9. The molecular formula is C18H30N2O4+2. The quantitative estimate of drug-likeness (QED) is 0.756. The molecule has 0 aromatic heterocycles. The van der Waals surface area contributed by atoms with Crippen LogP contribution in [0.4, 0.5) is 0 Å². The number of likely N-dealkylation sites (N-methyl/N-ethyl adjacent to an activating group) is 2. The van der Waals surface area contributed by atoms with Crippen molar-refractivity contribution < 1.29 is 28.7 Å². The lowest BCUT2D eigenvalue weighted by atomic mass is 9.97. The topological polar surface area (TPSA) is 58.9 Å². The molecule has 1 aromatic rings. The number of quaternary nitrogens is 2. The van der Waals surface area contributed by atoms with Gasteiger partial charge in [0.25, 0.3) is 0 Å². The van der Waals surface area contributed by atoms with Crippen molar-refractivity contribution in [1.29, 1.82) is 0 Å². The number of hydrogen-bond donors (Lipinski definition) is 2. The van der Waals surface area contributed by atoms with Crippen LogP contribution in [0.1, 0.15) is 11.1 Å². The summed E-state index contributed by atoms with van der Waals surface area (Å²) in [7, 11) is 8.34. The number of aliphatic hydroxyl groups is 2. The fourth-order valence-electron chi connectivity index (χ4n) is 3.67. The summed E-state index contributed by atoms with van der Waals surface area (Å²) in [5.74, 6) is -2.57. The maximum Gasteiger partial charge on any atom is 0.243 e. The zero-order chi connectivity index (χ0) is 17.6. The molecule has 2 unspecified atom stereocenters. The molecule has 0 saturated carbocycles. The van der Waals surface area contributed by atoms with Crippen LogP contribution >= 0.6 is 0 Å². The van der Waals surface area contributed by atoms with Gasteiger partial charge in [-0.3, -0.25) is 0 Å². The van der Waals surface area contributed by atoms with Crippen LogP contribution in [0.2, 0.25) is 0 Å². The van der Waals surface area contributed by atoms with Gasteiger partial charge >= 0.3 is 0 Å². The van der Waals surface area contributed by atoms with Gasteiger partial charge in [-0.05, 0) is 0 Å². The van der Waals surface area contributed by atoms with Gasteiger partial charge in [0.2, 0.25) is 11.6 Å². The van der Waals surface area contributed by atoms with Crippen molar-refractivity contribution >= 4 is 0 Å². The van der Waals surface area contributed by atoms with E-state index in [0.717, 1.165) is 13.1 Å². The fraction of sp³-hybridized carbons (Fsp3) is 0.667. The summed E-state index contributed by atoms with van der Waals surface area (Å²) >= 11 is 0. The summed E-state index contributed by atoms with van der Waals surface area (Å²) in [5, 5.41) is 21.8. The molecule has 0 bridgehead atoms. The summed E-state index contributed by atoms with van der Waals surface area (Å²) in [5.41, 5.74) is 1.43. The molecule has 0 aliphatic carbocycles. The SMILES string of the molecule is C[N+]1(C)CCOC(O)(c2ccc(C3(O)C[N+](C)(C)CCO3)cc2)C1. The molecular weight excluding hydrogens is 308 g/mol. The van der Waals surface area contributed by atoms with E-state index in [1.165, 1.54) is 0 Å². The van der Waals surface area contributed by atoms with Crippen LogP contribution in [-0.4, -0.2) is 86.8 Å². The van der Waals surface area contributed by atoms with Crippen LogP contribution in [0.25, 0.3) is 0 Å². The first kappa shape index (κ1) is 17.8. The number of rotatable bonds is 2. The Hall–Kier alpha value is -1.02. The van der Waals surface area contributed by atoms with Gasteiger partial charge in [-0.25, -0.2) is 0 Å². The van der Waals surface area contributed by atoms with Crippen LogP contribution in [0.15, 0.2) is 24.3 Å². The molecule has 134 valence electrons. The molecule has 0 radical (unpaired) electrons. The van der Waals surface area contributed by atoms with E-state index in [-0.39, 0.29) is 0 Å². The fourth-order valence-corrected chi connectivity index (χ4v) is 3.67. The third-order valence-electron chi connectivity index (χ3n) is 5.15. The molecule has 2 heterocycles. The number of ether oxygens (including phenoxy) is 2. The summed E-state index contributed by atoms with van der Waals surface area (Å²) in [4.78, 5) is 0. The first-order chi connectivity index (χ1) is 11.0. The first-order valence-electron chi connectivity index (χ1n) is 8.52. The molecule has 24 heavy (non-hydrogen) atoms. The zero-order valence-corrected chi connectivity index (χ0v) is 15.2. The molecule has 1 aromatic carbocycles. The predicted octanol–water partition coefficient (Wildman–Crippen LogP) is 0.190. The molecule has 3 rings (SSSR count). The monoisotopic (exact) mass is 338 g/mol. The van der Waals surface area contributed by atoms with Crippen molar-refractivity contribution in [3.05, 3.63) is 35.4 Å². The van der Waals surface area contributed by atoms with Gasteiger partial charge in [-0.15, -0.1) is 0 Å². The average Bonchev–Trinajstić information content (AvgIpc) is 2.45. The van der Waals surface area contributed by atoms with E-state index < -0.39 is 11.6 Å². The van der Waals surface area contributed by atoms with E-state index in [4.69, 9.17) is 9.47 Å². The van der Waals surface area contributed by atoms with Gasteiger partial charge in [0.1, 0.15) is 26.2 Å². The third kappa shape index (κ3) is 3.49. The Kier molecular flexibility index (Phi) is 4.27. The van der Waals surface area contributed by atoms with Crippen LogP contribution in [0.5, 0.6) is 0 Å². The highest BCUT2D eigenvalue weighted by Crippen LogP contribution is 2.33. The Balaban J connectivity index is 1.83. The average molecular weight is 338 g/mol. The van der Waals surface area contributed by atoms with Crippen molar-refractivity contribution in [2.24, 2.45) is 0 Å². The molecule has 6 nitrogen and oxygen atoms in total. The highest BCUT2D eigenvalue weighted by molar-refractivity contribution is 5.29. The highest BCUT2D eigenvalue weighted by Gasteiger charge is 2.44. The lowest BCUT2D eigenvalue weighted by Gasteiger charge is -2.43. The molecule has 2 aliphatic rings. The van der Waals surface area contributed by atoms with Crippen LogP contribution < -0.4 is 0 Å². The summed E-state index contributed by atoms with van der Waals surface area (Å²) in [6, 6.07) is 7.32. The largest absolute Gasteiger partial charge is 0.357 e. The number of hydrogen-bond acceptors (Lipinski definition) is 4. The van der Waals surface area contributed by atoms with Gasteiger partial charge in [0.15, 0.2) is 0 Å². The standard InChI is InChI=1S/C18H30N2O4/c1-19(2)9-11-23-17(21,13-19)15-5-7-16(8-6-15)18(22)14-20(3,4)10-12-24-18/h5-8,21-22H,9-14H2,1-4H3/q+2. The second-order valence-electron chi connectivity index (χ2n) is 8.48. The Morgan fingerprint density at radius 2 is 1.08 bits per heavy atom. The molecule has 2 fully saturated rings. The number of benzene rings is 1. The van der Waals surface area contributed by atoms with Crippen molar-refractivity contribution in [1.82, 2.24) is 0 Å². The molecule has 2 atom stereocenters. The summed E-state index contributed by atoms with van der Waals surface area (Å²) in [6.45, 7) is 3.78. The lowest BCUT2D eigenvalue weighted by Crippen LogP contribution is -2.58. The minimum atomic E-state index is -1.29. The van der Waals surface area contributed by atoms with Gasteiger partial charge in [0.05, 0.1) is 41.4 Å². The zero-order valence-electron chi connectivity index (χ0n) is 15.2. The molecule has 0 amide bonds. The second kappa shape index (κ2) is 5.76. The molecule has 0 spiro atoms. The third-order valence-corrected chi connectivity index (χ3v) is 5.15. The minimum absolute atomic E-state index is 0.497. The van der Waals surface area contributed by atoms with E-state index >= 15 is 0 Å². The van der Waals surface area contributed by atoms with Crippen LogP contribution in [-0.2, 0) is 21.0 Å².